The normalized spacial score (nSPS) is 22.1. The van der Waals surface area contributed by atoms with Gasteiger partial charge in [0.1, 0.15) is 24.0 Å². The smallest absolute Gasteiger partial charge is 0.374 e. The molecule has 2 aliphatic rings. The monoisotopic (exact) mass is 378 g/mol. The molecular formula is C16H13F3N6O2. The second-order valence-electron chi connectivity index (χ2n) is 6.59. The highest BCUT2D eigenvalue weighted by molar-refractivity contribution is 5.94. The fraction of sp³-hybridized carbons (Fsp3) is 0.375. The summed E-state index contributed by atoms with van der Waals surface area (Å²) in [5, 5.41) is 3.90. The van der Waals surface area contributed by atoms with E-state index in [1.807, 2.05) is 0 Å². The Labute approximate surface area is 150 Å². The number of alkyl halides is 3. The molecule has 5 rings (SSSR count). The maximum atomic E-state index is 13.4. The van der Waals surface area contributed by atoms with Crippen molar-refractivity contribution in [1.29, 1.82) is 0 Å². The molecule has 2 unspecified atom stereocenters. The third kappa shape index (κ3) is 2.49. The van der Waals surface area contributed by atoms with Crippen LogP contribution in [-0.4, -0.2) is 60.3 Å². The summed E-state index contributed by atoms with van der Waals surface area (Å²) >= 11 is 0. The Morgan fingerprint density at radius 1 is 1.33 bits per heavy atom. The molecule has 2 bridgehead atoms. The molecule has 11 heteroatoms. The number of hydrogen-bond acceptors (Lipinski definition) is 5. The molecule has 0 saturated carbocycles. The van der Waals surface area contributed by atoms with Crippen molar-refractivity contribution in [2.24, 2.45) is 0 Å². The molecule has 1 amide bonds. The molecule has 0 aromatic carbocycles. The predicted molar refractivity (Wildman–Crippen MR) is 84.3 cm³/mol. The highest BCUT2D eigenvalue weighted by Crippen LogP contribution is 2.33. The third-order valence-corrected chi connectivity index (χ3v) is 4.96. The van der Waals surface area contributed by atoms with Gasteiger partial charge >= 0.3 is 6.18 Å². The minimum absolute atomic E-state index is 0.00502. The lowest BCUT2D eigenvalue weighted by Crippen LogP contribution is -2.41. The number of nitrogens with zero attached hydrogens (tertiary/aromatic N) is 6. The lowest BCUT2D eigenvalue weighted by atomic mass is 10.2. The van der Waals surface area contributed by atoms with Gasteiger partial charge in [-0.15, -0.1) is 0 Å². The van der Waals surface area contributed by atoms with Gasteiger partial charge < -0.3 is 9.64 Å². The van der Waals surface area contributed by atoms with Gasteiger partial charge in [-0.05, 0) is 12.5 Å². The molecule has 2 saturated heterocycles. The van der Waals surface area contributed by atoms with Crippen molar-refractivity contribution in [3.05, 3.63) is 42.4 Å². The van der Waals surface area contributed by atoms with Gasteiger partial charge in [0, 0.05) is 12.7 Å². The van der Waals surface area contributed by atoms with E-state index in [-0.39, 0.29) is 35.1 Å². The zero-order valence-electron chi connectivity index (χ0n) is 13.8. The number of halogens is 3. The van der Waals surface area contributed by atoms with E-state index in [0.29, 0.717) is 13.2 Å². The van der Waals surface area contributed by atoms with Gasteiger partial charge in [0.15, 0.2) is 5.65 Å². The van der Waals surface area contributed by atoms with E-state index in [2.05, 4.69) is 15.1 Å². The molecule has 3 aromatic heterocycles. The lowest BCUT2D eigenvalue weighted by molar-refractivity contribution is -0.137. The first-order chi connectivity index (χ1) is 12.9. The zero-order chi connectivity index (χ0) is 18.8. The van der Waals surface area contributed by atoms with E-state index >= 15 is 0 Å². The topological polar surface area (TPSA) is 77.5 Å². The molecule has 5 heterocycles. The quantitative estimate of drug-likeness (QED) is 0.676. The first-order valence-electron chi connectivity index (χ1n) is 8.27. The molecule has 0 radical (unpaired) electrons. The number of rotatable bonds is 2. The summed E-state index contributed by atoms with van der Waals surface area (Å²) in [6, 6.07) is 0.894. The summed E-state index contributed by atoms with van der Waals surface area (Å²) in [5.74, 6) is -0.359. The number of aromatic nitrogens is 5. The van der Waals surface area contributed by atoms with Crippen molar-refractivity contribution in [3.63, 3.8) is 0 Å². The first-order valence-corrected chi connectivity index (χ1v) is 8.27. The van der Waals surface area contributed by atoms with Crippen molar-refractivity contribution in [2.45, 2.75) is 24.7 Å². The van der Waals surface area contributed by atoms with Gasteiger partial charge in [-0.25, -0.2) is 14.6 Å². The zero-order valence-corrected chi connectivity index (χ0v) is 13.8. The number of carbonyl (C=O) groups excluding carboxylic acids is 1. The van der Waals surface area contributed by atoms with E-state index in [0.717, 1.165) is 18.7 Å². The summed E-state index contributed by atoms with van der Waals surface area (Å²) in [7, 11) is 0. The van der Waals surface area contributed by atoms with Crippen molar-refractivity contribution >= 4 is 11.6 Å². The van der Waals surface area contributed by atoms with Gasteiger partial charge in [-0.1, -0.05) is 0 Å². The van der Waals surface area contributed by atoms with Crippen LogP contribution < -0.4 is 0 Å². The van der Waals surface area contributed by atoms with E-state index < -0.39 is 11.7 Å². The summed E-state index contributed by atoms with van der Waals surface area (Å²) in [5.41, 5.74) is -0.547. The Morgan fingerprint density at radius 3 is 2.81 bits per heavy atom. The molecule has 2 aliphatic heterocycles. The highest BCUT2D eigenvalue weighted by atomic mass is 19.4. The number of fused-ring (bicyclic) bond motifs is 3. The summed E-state index contributed by atoms with van der Waals surface area (Å²) in [6.45, 7) is 0.886. The number of ether oxygens (including phenoxy) is 1. The molecule has 27 heavy (non-hydrogen) atoms. The summed E-state index contributed by atoms with van der Waals surface area (Å²) in [4.78, 5) is 22.6. The van der Waals surface area contributed by atoms with Crippen LogP contribution in [-0.2, 0) is 10.9 Å². The van der Waals surface area contributed by atoms with E-state index in [4.69, 9.17) is 4.74 Å². The summed E-state index contributed by atoms with van der Waals surface area (Å²) < 4.78 is 48.1. The van der Waals surface area contributed by atoms with Crippen LogP contribution in [0.2, 0.25) is 0 Å². The Hall–Kier alpha value is -2.95. The minimum Gasteiger partial charge on any atom is -0.374 e. The van der Waals surface area contributed by atoms with Gasteiger partial charge in [0.25, 0.3) is 5.91 Å². The van der Waals surface area contributed by atoms with Crippen LogP contribution in [0.4, 0.5) is 13.2 Å². The third-order valence-electron chi connectivity index (χ3n) is 4.96. The van der Waals surface area contributed by atoms with E-state index in [1.54, 1.807) is 4.90 Å². The Balaban J connectivity index is 1.66. The van der Waals surface area contributed by atoms with Crippen LogP contribution >= 0.6 is 0 Å². The molecule has 2 fully saturated rings. The second kappa shape index (κ2) is 5.52. The number of hydrogen-bond donors (Lipinski definition) is 0. The Bertz CT molecular complexity index is 1030. The van der Waals surface area contributed by atoms with Crippen LogP contribution in [0.15, 0.2) is 31.1 Å². The standard InChI is InChI=1S/C16H13F3N6O2/c17-16(18,19)9-1-12(25-8-20-7-22-25)14-21-3-13(24(14)4-9)15(26)23-5-11-2-10(23)6-27-11/h1,3-4,7-8,10-11H,2,5-6H2. The average molecular weight is 378 g/mol. The second-order valence-corrected chi connectivity index (χ2v) is 6.59. The minimum atomic E-state index is -4.59. The largest absolute Gasteiger partial charge is 0.417 e. The van der Waals surface area contributed by atoms with Crippen LogP contribution in [0.5, 0.6) is 0 Å². The molecule has 8 nitrogen and oxygen atoms in total. The van der Waals surface area contributed by atoms with Crippen molar-refractivity contribution in [3.8, 4) is 5.69 Å². The Kier molecular flexibility index (Phi) is 3.32. The summed E-state index contributed by atoms with van der Waals surface area (Å²) in [6.07, 6.45) is 0.838. The number of morpholine rings is 1. The molecule has 3 aromatic rings. The molecule has 0 aliphatic carbocycles. The number of pyridine rings is 1. The van der Waals surface area contributed by atoms with E-state index in [1.165, 1.54) is 27.9 Å². The van der Waals surface area contributed by atoms with Crippen molar-refractivity contribution in [2.75, 3.05) is 13.2 Å². The van der Waals surface area contributed by atoms with Gasteiger partial charge in [-0.2, -0.15) is 18.3 Å². The van der Waals surface area contributed by atoms with Gasteiger partial charge in [0.05, 0.1) is 30.5 Å². The molecular weight excluding hydrogens is 365 g/mol. The highest BCUT2D eigenvalue weighted by Gasteiger charge is 2.42. The number of carbonyl (C=O) groups is 1. The van der Waals surface area contributed by atoms with Crippen molar-refractivity contribution < 1.29 is 22.7 Å². The average Bonchev–Trinajstić information content (AvgIpc) is 3.43. The maximum absolute atomic E-state index is 13.4. The molecule has 0 N–H and O–H groups in total. The van der Waals surface area contributed by atoms with Crippen LogP contribution in [0.25, 0.3) is 11.3 Å². The van der Waals surface area contributed by atoms with E-state index in [9.17, 15) is 18.0 Å². The van der Waals surface area contributed by atoms with Crippen molar-refractivity contribution in [1.82, 2.24) is 29.0 Å². The Morgan fingerprint density at radius 2 is 2.19 bits per heavy atom. The lowest BCUT2D eigenvalue weighted by Gasteiger charge is -2.26. The fourth-order valence-electron chi connectivity index (χ4n) is 3.68. The van der Waals surface area contributed by atoms with Crippen LogP contribution in [0.3, 0.4) is 0 Å². The maximum Gasteiger partial charge on any atom is 0.417 e. The SMILES string of the molecule is O=C(c1cnc2c(-n3cncn3)cc(C(F)(F)F)cn12)N1CC2CC1CO2. The molecule has 0 spiro atoms. The predicted octanol–water partition coefficient (Wildman–Crippen LogP) is 1.55. The number of imidazole rings is 1. The van der Waals surface area contributed by atoms with Crippen LogP contribution in [0, 0.1) is 0 Å². The fourth-order valence-corrected chi connectivity index (χ4v) is 3.68. The first kappa shape index (κ1) is 16.2. The van der Waals surface area contributed by atoms with Crippen LogP contribution in [0.1, 0.15) is 22.5 Å². The van der Waals surface area contributed by atoms with Gasteiger partial charge in [-0.3, -0.25) is 9.20 Å². The number of amides is 1. The van der Waals surface area contributed by atoms with Gasteiger partial charge in [0.2, 0.25) is 0 Å². The molecule has 2 atom stereocenters. The number of likely N-dealkylation sites (tertiary alicyclic amines) is 1. The molecule has 140 valence electrons.